The molecule has 3 heterocycles. The van der Waals surface area contributed by atoms with Gasteiger partial charge in [-0.1, -0.05) is 63.8 Å². The van der Waals surface area contributed by atoms with E-state index in [2.05, 4.69) is 38.2 Å². The average Bonchev–Trinajstić information content (AvgIpc) is 3.85. The third-order valence-corrected chi connectivity index (χ3v) is 8.48. The molecule has 7 nitrogen and oxygen atoms in total. The lowest BCUT2D eigenvalue weighted by molar-refractivity contribution is -0.318. The molecule has 0 N–H and O–H groups in total. The molecule has 0 aromatic heterocycles. The van der Waals surface area contributed by atoms with Crippen LogP contribution in [0.15, 0.2) is 24.3 Å². The molecule has 0 radical (unpaired) electrons. The van der Waals surface area contributed by atoms with Crippen molar-refractivity contribution in [2.24, 2.45) is 11.8 Å². The van der Waals surface area contributed by atoms with Gasteiger partial charge in [-0.25, -0.2) is 19.6 Å². The van der Waals surface area contributed by atoms with E-state index < -0.39 is 0 Å². The zero-order valence-electron chi connectivity index (χ0n) is 24.5. The fraction of sp³-hybridized carbons (Fsp3) is 0.875. The molecule has 4 rings (SSSR count). The van der Waals surface area contributed by atoms with Crippen LogP contribution in [0.5, 0.6) is 0 Å². The topological polar surface area (TPSA) is 74.5 Å². The zero-order chi connectivity index (χ0) is 27.1. The highest BCUT2D eigenvalue weighted by molar-refractivity contribution is 4.96. The van der Waals surface area contributed by atoms with Crippen LogP contribution in [-0.2, 0) is 33.8 Å². The molecule has 224 valence electrons. The maximum Gasteiger partial charge on any atom is 0.0876 e. The molecule has 4 fully saturated rings. The van der Waals surface area contributed by atoms with E-state index >= 15 is 0 Å². The molecule has 0 aromatic carbocycles. The van der Waals surface area contributed by atoms with Crippen molar-refractivity contribution in [2.45, 2.75) is 140 Å². The predicted molar refractivity (Wildman–Crippen MR) is 151 cm³/mol. The predicted octanol–water partition coefficient (Wildman–Crippen LogP) is 7.04. The fourth-order valence-corrected chi connectivity index (χ4v) is 5.68. The Morgan fingerprint density at radius 2 is 1.05 bits per heavy atom. The van der Waals surface area contributed by atoms with Gasteiger partial charge in [-0.3, -0.25) is 0 Å². The normalized spacial score (nSPS) is 33.2. The minimum Gasteiger partial charge on any atom is -0.370 e. The quantitative estimate of drug-likeness (QED) is 0.0419. The molecule has 8 unspecified atom stereocenters. The van der Waals surface area contributed by atoms with Crippen LogP contribution in [0, 0.1) is 11.8 Å². The first-order valence-electron chi connectivity index (χ1n) is 16.0. The number of ether oxygens (including phenoxy) is 3. The molecule has 3 aliphatic heterocycles. The van der Waals surface area contributed by atoms with Gasteiger partial charge in [0.05, 0.1) is 63.1 Å². The third-order valence-electron chi connectivity index (χ3n) is 8.48. The van der Waals surface area contributed by atoms with Crippen molar-refractivity contribution in [1.82, 2.24) is 0 Å². The van der Waals surface area contributed by atoms with Crippen LogP contribution in [0.3, 0.4) is 0 Å². The van der Waals surface area contributed by atoms with Gasteiger partial charge in [-0.2, -0.15) is 0 Å². The summed E-state index contributed by atoms with van der Waals surface area (Å²) in [6.07, 6.45) is 27.2. The number of hydrogen-bond acceptors (Lipinski definition) is 7. The highest BCUT2D eigenvalue weighted by Gasteiger charge is 2.48. The summed E-state index contributed by atoms with van der Waals surface area (Å²) in [4.78, 5) is 22.1. The minimum absolute atomic E-state index is 0.380. The Bertz CT molecular complexity index is 655. The number of epoxide rings is 3. The fourth-order valence-electron chi connectivity index (χ4n) is 5.68. The summed E-state index contributed by atoms with van der Waals surface area (Å²) in [6, 6.07) is 0. The summed E-state index contributed by atoms with van der Waals surface area (Å²) in [5, 5.41) is 0. The molecule has 4 aliphatic rings. The van der Waals surface area contributed by atoms with Crippen LogP contribution in [0.1, 0.15) is 104 Å². The third kappa shape index (κ3) is 12.3. The van der Waals surface area contributed by atoms with Gasteiger partial charge < -0.3 is 14.2 Å². The Balaban J connectivity index is 0.950. The van der Waals surface area contributed by atoms with E-state index in [0.717, 1.165) is 51.4 Å². The van der Waals surface area contributed by atoms with E-state index in [0.29, 0.717) is 74.9 Å². The van der Waals surface area contributed by atoms with E-state index in [1.54, 1.807) is 0 Å². The molecule has 0 amide bonds. The lowest BCUT2D eigenvalue weighted by atomic mass is 9.80. The van der Waals surface area contributed by atoms with Crippen molar-refractivity contribution in [3.05, 3.63) is 24.3 Å². The molecule has 7 heteroatoms. The lowest BCUT2D eigenvalue weighted by Gasteiger charge is -2.28. The average molecular weight is 551 g/mol. The van der Waals surface area contributed by atoms with Gasteiger partial charge >= 0.3 is 0 Å². The molecular formula is C32H54O7. The summed E-state index contributed by atoms with van der Waals surface area (Å²) in [5.41, 5.74) is 0. The van der Waals surface area contributed by atoms with Gasteiger partial charge in [0.1, 0.15) is 0 Å². The van der Waals surface area contributed by atoms with Crippen LogP contribution >= 0.6 is 0 Å². The first kappa shape index (κ1) is 31.1. The number of allylic oxidation sites excluding steroid dienone is 2. The van der Waals surface area contributed by atoms with Crippen molar-refractivity contribution >= 4 is 0 Å². The largest absolute Gasteiger partial charge is 0.370 e. The summed E-state index contributed by atoms with van der Waals surface area (Å²) in [7, 11) is 0. The molecule has 3 saturated heterocycles. The van der Waals surface area contributed by atoms with Crippen molar-refractivity contribution in [1.29, 1.82) is 0 Å². The van der Waals surface area contributed by atoms with Crippen molar-refractivity contribution in [3.63, 3.8) is 0 Å². The molecule has 8 atom stereocenters. The Labute approximate surface area is 236 Å². The molecular weight excluding hydrogens is 496 g/mol. The second-order valence-electron chi connectivity index (χ2n) is 11.8. The minimum atomic E-state index is 0.380. The SMILES string of the molecule is CCCCC1OC1CC=CCCCOOCC1CC2OC2CC1COOCCCC=CCC1OC1CCCC. The van der Waals surface area contributed by atoms with Gasteiger partial charge in [0.2, 0.25) is 0 Å². The van der Waals surface area contributed by atoms with Crippen molar-refractivity contribution < 1.29 is 33.8 Å². The Hall–Kier alpha value is -0.800. The van der Waals surface area contributed by atoms with Crippen LogP contribution in [0.25, 0.3) is 0 Å². The maximum absolute atomic E-state index is 5.77. The van der Waals surface area contributed by atoms with E-state index in [4.69, 9.17) is 33.8 Å². The molecule has 0 spiro atoms. The number of rotatable bonds is 24. The van der Waals surface area contributed by atoms with Crippen molar-refractivity contribution in [2.75, 3.05) is 26.4 Å². The monoisotopic (exact) mass is 550 g/mol. The lowest BCUT2D eigenvalue weighted by Crippen LogP contribution is -2.31. The number of fused-ring (bicyclic) bond motifs is 1. The molecule has 1 saturated carbocycles. The molecule has 39 heavy (non-hydrogen) atoms. The van der Waals surface area contributed by atoms with Crippen LogP contribution in [-0.4, -0.2) is 63.1 Å². The second kappa shape index (κ2) is 17.9. The van der Waals surface area contributed by atoms with Crippen LogP contribution in [0.4, 0.5) is 0 Å². The van der Waals surface area contributed by atoms with Gasteiger partial charge in [-0.05, 0) is 76.0 Å². The first-order chi connectivity index (χ1) is 19.3. The van der Waals surface area contributed by atoms with Gasteiger partial charge in [0.15, 0.2) is 0 Å². The van der Waals surface area contributed by atoms with Crippen LogP contribution in [0.2, 0.25) is 0 Å². The number of hydrogen-bond donors (Lipinski definition) is 0. The second-order valence-corrected chi connectivity index (χ2v) is 11.8. The number of unbranched alkanes of at least 4 members (excludes halogenated alkanes) is 4. The van der Waals surface area contributed by atoms with E-state index in [-0.39, 0.29) is 0 Å². The van der Waals surface area contributed by atoms with Gasteiger partial charge in [0.25, 0.3) is 0 Å². The highest BCUT2D eigenvalue weighted by Crippen LogP contribution is 2.43. The van der Waals surface area contributed by atoms with Gasteiger partial charge in [-0.15, -0.1) is 0 Å². The Morgan fingerprint density at radius 1 is 0.564 bits per heavy atom. The summed E-state index contributed by atoms with van der Waals surface area (Å²) < 4.78 is 17.2. The van der Waals surface area contributed by atoms with Crippen LogP contribution < -0.4 is 0 Å². The summed E-state index contributed by atoms with van der Waals surface area (Å²) in [5.74, 6) is 0.760. The summed E-state index contributed by atoms with van der Waals surface area (Å²) >= 11 is 0. The maximum atomic E-state index is 5.77. The molecule has 0 aromatic rings. The van der Waals surface area contributed by atoms with E-state index in [1.165, 1.54) is 38.5 Å². The van der Waals surface area contributed by atoms with E-state index in [1.807, 2.05) is 0 Å². The standard InChI is InChI=1S/C32H54O7/c1-3-5-15-27-29(37-27)17-11-7-9-13-19-33-35-23-25-21-31-32(39-31)22-26(25)24-36-34-20-14-10-8-12-18-30-28(38-30)16-6-4-2/h7-8,11-12,25-32H,3-6,9-10,13-24H2,1-2H3. The Morgan fingerprint density at radius 3 is 1.51 bits per heavy atom. The summed E-state index contributed by atoms with van der Waals surface area (Å²) in [6.45, 7) is 6.87. The first-order valence-corrected chi connectivity index (χ1v) is 16.0. The Kier molecular flexibility index (Phi) is 14.3. The van der Waals surface area contributed by atoms with Gasteiger partial charge in [0, 0.05) is 0 Å². The molecule has 0 bridgehead atoms. The van der Waals surface area contributed by atoms with E-state index in [9.17, 15) is 0 Å². The smallest absolute Gasteiger partial charge is 0.0876 e. The molecule has 1 aliphatic carbocycles. The highest BCUT2D eigenvalue weighted by atomic mass is 17.2. The zero-order valence-corrected chi connectivity index (χ0v) is 24.5. The van der Waals surface area contributed by atoms with Crippen molar-refractivity contribution in [3.8, 4) is 0 Å².